The SMILES string of the molecule is CCCCCCCC(=O)N[C@H](c1cccc(OC)c1)[C@@H](C)OP(=O)(O)O. The lowest BCUT2D eigenvalue weighted by molar-refractivity contribution is -0.122. The molecule has 26 heavy (non-hydrogen) atoms. The number of hydrogen-bond acceptors (Lipinski definition) is 4. The molecule has 1 rings (SSSR count). The van der Waals surface area contributed by atoms with Crippen molar-refractivity contribution in [1.82, 2.24) is 5.32 Å². The van der Waals surface area contributed by atoms with E-state index in [1.54, 1.807) is 24.3 Å². The van der Waals surface area contributed by atoms with Crippen molar-refractivity contribution >= 4 is 13.7 Å². The zero-order chi connectivity index (χ0) is 19.6. The zero-order valence-corrected chi connectivity index (χ0v) is 16.6. The summed E-state index contributed by atoms with van der Waals surface area (Å²) >= 11 is 0. The standard InChI is InChI=1S/C18H30NO6P/c1-4-5-6-7-8-12-17(20)19-18(14(2)25-26(21,22)23)15-10-9-11-16(13-15)24-3/h9-11,13-14,18H,4-8,12H2,1-3H3,(H,19,20)(H2,21,22,23)/t14-,18+/m1/s1. The Morgan fingerprint density at radius 3 is 2.54 bits per heavy atom. The molecule has 0 spiro atoms. The first-order valence-electron chi connectivity index (χ1n) is 8.94. The molecule has 0 saturated carbocycles. The monoisotopic (exact) mass is 387 g/mol. The number of unbranched alkanes of at least 4 members (excludes halogenated alkanes) is 4. The van der Waals surface area contributed by atoms with E-state index < -0.39 is 20.0 Å². The van der Waals surface area contributed by atoms with Gasteiger partial charge < -0.3 is 19.8 Å². The molecule has 8 heteroatoms. The Balaban J connectivity index is 2.80. The van der Waals surface area contributed by atoms with Gasteiger partial charge in [0.15, 0.2) is 0 Å². The molecule has 0 aliphatic rings. The molecule has 0 saturated heterocycles. The van der Waals surface area contributed by atoms with Crippen LogP contribution in [0.15, 0.2) is 24.3 Å². The minimum Gasteiger partial charge on any atom is -0.497 e. The predicted octanol–water partition coefficient (Wildman–Crippen LogP) is 3.71. The number of carbonyl (C=O) groups is 1. The van der Waals surface area contributed by atoms with Gasteiger partial charge in [-0.25, -0.2) is 4.57 Å². The summed E-state index contributed by atoms with van der Waals surface area (Å²) in [6.07, 6.45) is 4.62. The first kappa shape index (κ1) is 22.6. The molecule has 0 unspecified atom stereocenters. The lowest BCUT2D eigenvalue weighted by Gasteiger charge is -2.26. The van der Waals surface area contributed by atoms with Gasteiger partial charge >= 0.3 is 7.82 Å². The Hall–Kier alpha value is -1.40. The Kier molecular flexibility index (Phi) is 9.88. The maximum absolute atomic E-state index is 12.3. The number of benzene rings is 1. The van der Waals surface area contributed by atoms with Gasteiger partial charge in [0.2, 0.25) is 5.91 Å². The highest BCUT2D eigenvalue weighted by molar-refractivity contribution is 7.46. The summed E-state index contributed by atoms with van der Waals surface area (Å²) in [7, 11) is -3.15. The summed E-state index contributed by atoms with van der Waals surface area (Å²) in [6.45, 7) is 3.65. The van der Waals surface area contributed by atoms with Crippen molar-refractivity contribution in [2.24, 2.45) is 0 Å². The van der Waals surface area contributed by atoms with Crippen LogP contribution in [-0.2, 0) is 13.9 Å². The molecule has 3 N–H and O–H groups in total. The van der Waals surface area contributed by atoms with E-state index in [2.05, 4.69) is 12.2 Å². The van der Waals surface area contributed by atoms with Crippen LogP contribution < -0.4 is 10.1 Å². The molecule has 1 amide bonds. The third kappa shape index (κ3) is 8.81. The second kappa shape index (κ2) is 11.3. The largest absolute Gasteiger partial charge is 0.497 e. The number of carbonyl (C=O) groups excluding carboxylic acids is 1. The van der Waals surface area contributed by atoms with Gasteiger partial charge in [0.1, 0.15) is 5.75 Å². The van der Waals surface area contributed by atoms with E-state index >= 15 is 0 Å². The number of phosphoric acid groups is 1. The third-order valence-corrected chi connectivity index (χ3v) is 4.66. The quantitative estimate of drug-likeness (QED) is 0.373. The van der Waals surface area contributed by atoms with Gasteiger partial charge in [-0.05, 0) is 31.0 Å². The van der Waals surface area contributed by atoms with Crippen LogP contribution in [0.5, 0.6) is 5.75 Å². The highest BCUT2D eigenvalue weighted by Crippen LogP contribution is 2.40. The molecule has 0 fully saturated rings. The molecular formula is C18H30NO6P. The Morgan fingerprint density at radius 2 is 1.92 bits per heavy atom. The summed E-state index contributed by atoms with van der Waals surface area (Å²) in [5, 5.41) is 2.84. The zero-order valence-electron chi connectivity index (χ0n) is 15.7. The maximum Gasteiger partial charge on any atom is 0.469 e. The third-order valence-electron chi connectivity index (χ3n) is 4.05. The van der Waals surface area contributed by atoms with E-state index in [1.165, 1.54) is 14.0 Å². The van der Waals surface area contributed by atoms with Crippen LogP contribution in [0.1, 0.15) is 64.0 Å². The molecule has 7 nitrogen and oxygen atoms in total. The van der Waals surface area contributed by atoms with E-state index in [0.717, 1.165) is 32.1 Å². The molecule has 2 atom stereocenters. The lowest BCUT2D eigenvalue weighted by Crippen LogP contribution is -2.35. The number of ether oxygens (including phenoxy) is 1. The first-order valence-corrected chi connectivity index (χ1v) is 10.5. The number of phosphoric ester groups is 1. The fraction of sp³-hybridized carbons (Fsp3) is 0.611. The van der Waals surface area contributed by atoms with Gasteiger partial charge in [0.25, 0.3) is 0 Å². The Morgan fingerprint density at radius 1 is 1.23 bits per heavy atom. The average molecular weight is 387 g/mol. The molecule has 1 aromatic rings. The minimum absolute atomic E-state index is 0.171. The predicted molar refractivity (Wildman–Crippen MR) is 99.8 cm³/mol. The van der Waals surface area contributed by atoms with Crippen molar-refractivity contribution in [3.63, 3.8) is 0 Å². The first-order chi connectivity index (χ1) is 12.3. The second-order valence-electron chi connectivity index (χ2n) is 6.29. The number of hydrogen-bond donors (Lipinski definition) is 3. The van der Waals surface area contributed by atoms with Crippen molar-refractivity contribution in [2.45, 2.75) is 64.5 Å². The van der Waals surface area contributed by atoms with Gasteiger partial charge in [0.05, 0.1) is 19.3 Å². The fourth-order valence-corrected chi connectivity index (χ4v) is 3.27. The van der Waals surface area contributed by atoms with Gasteiger partial charge in [-0.1, -0.05) is 44.7 Å². The number of rotatable bonds is 12. The minimum atomic E-state index is -4.67. The van der Waals surface area contributed by atoms with E-state index in [9.17, 15) is 9.36 Å². The summed E-state index contributed by atoms with van der Waals surface area (Å²) < 4.78 is 21.2. The maximum atomic E-state index is 12.3. The van der Waals surface area contributed by atoms with Crippen LogP contribution in [0.3, 0.4) is 0 Å². The van der Waals surface area contributed by atoms with Crippen LogP contribution in [0.2, 0.25) is 0 Å². The topological polar surface area (TPSA) is 105 Å². The molecule has 0 bridgehead atoms. The smallest absolute Gasteiger partial charge is 0.469 e. The van der Waals surface area contributed by atoms with Crippen molar-refractivity contribution in [3.05, 3.63) is 29.8 Å². The summed E-state index contributed by atoms with van der Waals surface area (Å²) in [5.74, 6) is 0.417. The Bertz CT molecular complexity index is 603. The van der Waals surface area contributed by atoms with E-state index in [-0.39, 0.29) is 5.91 Å². The molecule has 0 aliphatic heterocycles. The van der Waals surface area contributed by atoms with Crippen LogP contribution in [0, 0.1) is 0 Å². The molecule has 0 aromatic heterocycles. The van der Waals surface area contributed by atoms with Gasteiger partial charge in [-0.3, -0.25) is 9.32 Å². The molecule has 0 radical (unpaired) electrons. The average Bonchev–Trinajstić information content (AvgIpc) is 2.58. The van der Waals surface area contributed by atoms with Crippen LogP contribution in [-0.4, -0.2) is 28.9 Å². The van der Waals surface area contributed by atoms with Gasteiger partial charge in [-0.2, -0.15) is 0 Å². The molecule has 148 valence electrons. The van der Waals surface area contributed by atoms with E-state index in [4.69, 9.17) is 19.0 Å². The van der Waals surface area contributed by atoms with Crippen molar-refractivity contribution < 1.29 is 28.4 Å². The molecule has 0 aliphatic carbocycles. The van der Waals surface area contributed by atoms with Crippen LogP contribution in [0.4, 0.5) is 0 Å². The molecular weight excluding hydrogens is 357 g/mol. The highest BCUT2D eigenvalue weighted by Gasteiger charge is 2.28. The van der Waals surface area contributed by atoms with E-state index in [1.807, 2.05) is 0 Å². The van der Waals surface area contributed by atoms with Gasteiger partial charge in [0, 0.05) is 6.42 Å². The van der Waals surface area contributed by atoms with Crippen molar-refractivity contribution in [3.8, 4) is 5.75 Å². The van der Waals surface area contributed by atoms with Gasteiger partial charge in [-0.15, -0.1) is 0 Å². The van der Waals surface area contributed by atoms with Crippen molar-refractivity contribution in [1.29, 1.82) is 0 Å². The van der Waals surface area contributed by atoms with Crippen LogP contribution in [0.25, 0.3) is 0 Å². The Labute approximate surface area is 155 Å². The van der Waals surface area contributed by atoms with Crippen LogP contribution >= 0.6 is 7.82 Å². The number of amides is 1. The summed E-state index contributed by atoms with van der Waals surface area (Å²) in [6, 6.07) is 6.29. The van der Waals surface area contributed by atoms with Crippen molar-refractivity contribution in [2.75, 3.05) is 7.11 Å². The lowest BCUT2D eigenvalue weighted by atomic mass is 10.0. The second-order valence-corrected chi connectivity index (χ2v) is 7.48. The molecule has 1 aromatic carbocycles. The summed E-state index contributed by atoms with van der Waals surface area (Å²) in [4.78, 5) is 30.5. The normalized spacial score (nSPS) is 13.9. The highest BCUT2D eigenvalue weighted by atomic mass is 31.2. The summed E-state index contributed by atoms with van der Waals surface area (Å²) in [5.41, 5.74) is 0.657. The van der Waals surface area contributed by atoms with E-state index in [0.29, 0.717) is 17.7 Å². The fourth-order valence-electron chi connectivity index (χ4n) is 2.72. The number of nitrogens with one attached hydrogen (secondary N) is 1. The molecule has 0 heterocycles. The number of methoxy groups -OCH3 is 1.